The van der Waals surface area contributed by atoms with Gasteiger partial charge < -0.3 is 18.5 Å². The highest BCUT2D eigenvalue weighted by molar-refractivity contribution is 7.57. The molecule has 4 rings (SSSR count). The Kier molecular flexibility index (Phi) is 8.11. The van der Waals surface area contributed by atoms with E-state index in [0.29, 0.717) is 5.92 Å². The van der Waals surface area contributed by atoms with E-state index in [1.807, 2.05) is 48.5 Å². The molecule has 36 heavy (non-hydrogen) atoms. The third-order valence-electron chi connectivity index (χ3n) is 7.75. The van der Waals surface area contributed by atoms with Gasteiger partial charge in [0.15, 0.2) is 0 Å². The van der Waals surface area contributed by atoms with Crippen LogP contribution in [-0.4, -0.2) is 30.6 Å². The molecule has 0 bridgehead atoms. The molecule has 6 nitrogen and oxygen atoms in total. The molecule has 1 aliphatic heterocycles. The summed E-state index contributed by atoms with van der Waals surface area (Å²) in [6.45, 7) is 10.3. The van der Waals surface area contributed by atoms with E-state index in [4.69, 9.17) is 18.5 Å². The fourth-order valence-corrected chi connectivity index (χ4v) is 7.78. The summed E-state index contributed by atoms with van der Waals surface area (Å²) >= 11 is 0. The van der Waals surface area contributed by atoms with Crippen molar-refractivity contribution in [3.05, 3.63) is 71.8 Å². The Morgan fingerprint density at radius 3 is 2.17 bits per heavy atom. The van der Waals surface area contributed by atoms with Crippen LogP contribution < -0.4 is 0 Å². The molecule has 2 aromatic rings. The minimum atomic E-state index is -3.99. The van der Waals surface area contributed by atoms with Crippen molar-refractivity contribution in [2.45, 2.75) is 76.8 Å². The van der Waals surface area contributed by atoms with E-state index in [-0.39, 0.29) is 30.7 Å². The Bertz CT molecular complexity index is 1060. The van der Waals surface area contributed by atoms with Crippen molar-refractivity contribution in [1.29, 1.82) is 0 Å². The summed E-state index contributed by atoms with van der Waals surface area (Å²) in [6, 6.07) is 19.7. The lowest BCUT2D eigenvalue weighted by atomic mass is 9.64. The zero-order valence-corrected chi connectivity index (χ0v) is 22.9. The lowest BCUT2D eigenvalue weighted by molar-refractivity contribution is -0.160. The molecule has 2 aliphatic rings. The van der Waals surface area contributed by atoms with Crippen molar-refractivity contribution in [3.63, 3.8) is 0 Å². The van der Waals surface area contributed by atoms with E-state index in [1.54, 1.807) is 13.8 Å². The van der Waals surface area contributed by atoms with Crippen LogP contribution in [0.3, 0.4) is 0 Å². The van der Waals surface area contributed by atoms with Crippen molar-refractivity contribution >= 4 is 13.6 Å². The number of epoxide rings is 1. The number of carbonyl (C=O) groups is 1. The predicted molar refractivity (Wildman–Crippen MR) is 140 cm³/mol. The van der Waals surface area contributed by atoms with E-state index in [0.717, 1.165) is 24.8 Å². The lowest BCUT2D eigenvalue weighted by Gasteiger charge is -2.44. The maximum absolute atomic E-state index is 14.1. The molecule has 0 unspecified atom stereocenters. The molecule has 1 aliphatic carbocycles. The number of esters is 1. The monoisotopic (exact) mass is 514 g/mol. The van der Waals surface area contributed by atoms with Crippen LogP contribution in [0.25, 0.3) is 0 Å². The van der Waals surface area contributed by atoms with Gasteiger partial charge in [0.25, 0.3) is 5.34 Å². The number of ether oxygens (including phenoxy) is 2. The van der Waals surface area contributed by atoms with Crippen molar-refractivity contribution in [2.75, 3.05) is 13.2 Å². The number of rotatable bonds is 10. The first kappa shape index (κ1) is 27.1. The molecule has 1 saturated heterocycles. The van der Waals surface area contributed by atoms with Crippen LogP contribution in [0.4, 0.5) is 0 Å². The molecule has 0 aromatic heterocycles. The number of benzene rings is 2. The van der Waals surface area contributed by atoms with Crippen LogP contribution in [0.15, 0.2) is 60.7 Å². The van der Waals surface area contributed by atoms with E-state index < -0.39 is 25.0 Å². The van der Waals surface area contributed by atoms with Gasteiger partial charge in [0.2, 0.25) is 0 Å². The molecular formula is C29H39O6P. The van der Waals surface area contributed by atoms with Gasteiger partial charge in [-0.1, -0.05) is 87.9 Å². The molecule has 2 aromatic carbocycles. The summed E-state index contributed by atoms with van der Waals surface area (Å²) in [7, 11) is -3.99. The van der Waals surface area contributed by atoms with Gasteiger partial charge >= 0.3 is 13.6 Å². The first-order valence-electron chi connectivity index (χ1n) is 13.1. The van der Waals surface area contributed by atoms with Gasteiger partial charge in [-0.15, -0.1) is 0 Å². The van der Waals surface area contributed by atoms with Gasteiger partial charge in [0.1, 0.15) is 12.2 Å². The maximum atomic E-state index is 14.1. The summed E-state index contributed by atoms with van der Waals surface area (Å²) in [4.78, 5) is 14.0. The average molecular weight is 515 g/mol. The molecule has 0 spiro atoms. The third-order valence-corrected chi connectivity index (χ3v) is 10.3. The first-order chi connectivity index (χ1) is 17.2. The largest absolute Gasteiger partial charge is 0.459 e. The van der Waals surface area contributed by atoms with E-state index in [1.165, 1.54) is 5.56 Å². The molecule has 196 valence electrons. The number of hydrogen-bond donors (Lipinski definition) is 0. The molecular weight excluding hydrogens is 475 g/mol. The molecule has 5 atom stereocenters. The zero-order valence-electron chi connectivity index (χ0n) is 22.0. The average Bonchev–Trinajstić information content (AvgIpc) is 3.63. The standard InChI is InChI=1S/C29H39O6P/c1-6-32-36(31,33-7-2)29(26(35-29)22-14-10-8-11-15-22)27(30)34-25-20-21(3)18-19-24(25)28(4,5)23-16-12-9-13-17-23/h8-17,21,24-26H,6-7,18-20H2,1-5H3/t21-,24-,25-,26+,29-/m1/s1. The summed E-state index contributed by atoms with van der Waals surface area (Å²) in [5.41, 5.74) is 1.73. The summed E-state index contributed by atoms with van der Waals surface area (Å²) < 4.78 is 37.7. The SMILES string of the molecule is CCOP(=O)(OCC)[C@]1(C(=O)O[C@@H]2C[C@H](C)CC[C@H]2C(C)(C)c2ccccc2)O[C@H]1c1ccccc1. The second-order valence-electron chi connectivity index (χ2n) is 10.5. The second kappa shape index (κ2) is 10.8. The van der Waals surface area contributed by atoms with Crippen LogP contribution in [-0.2, 0) is 33.3 Å². The topological polar surface area (TPSA) is 74.4 Å². The normalized spacial score (nSPS) is 28.5. The molecule has 2 fully saturated rings. The highest BCUT2D eigenvalue weighted by Crippen LogP contribution is 2.75. The zero-order chi connectivity index (χ0) is 26.0. The van der Waals surface area contributed by atoms with E-state index >= 15 is 0 Å². The maximum Gasteiger partial charge on any atom is 0.377 e. The number of hydrogen-bond acceptors (Lipinski definition) is 6. The molecule has 0 radical (unpaired) electrons. The molecule has 0 amide bonds. The van der Waals surface area contributed by atoms with Crippen LogP contribution in [0.2, 0.25) is 0 Å². The Labute approximate surface area is 215 Å². The van der Waals surface area contributed by atoms with Crippen molar-refractivity contribution < 1.29 is 27.9 Å². The fourth-order valence-electron chi connectivity index (χ4n) is 5.70. The van der Waals surface area contributed by atoms with Crippen molar-refractivity contribution in [3.8, 4) is 0 Å². The summed E-state index contributed by atoms with van der Waals surface area (Å²) in [5, 5.41) is -1.80. The lowest BCUT2D eigenvalue weighted by Crippen LogP contribution is -2.45. The van der Waals surface area contributed by atoms with Gasteiger partial charge in [-0.25, -0.2) is 4.79 Å². The highest BCUT2D eigenvalue weighted by atomic mass is 31.2. The smallest absolute Gasteiger partial charge is 0.377 e. The Morgan fingerprint density at radius 1 is 1.00 bits per heavy atom. The Morgan fingerprint density at radius 2 is 1.58 bits per heavy atom. The third kappa shape index (κ3) is 4.93. The van der Waals surface area contributed by atoms with E-state index in [2.05, 4.69) is 32.9 Å². The van der Waals surface area contributed by atoms with Crippen molar-refractivity contribution in [2.24, 2.45) is 11.8 Å². The van der Waals surface area contributed by atoms with Crippen molar-refractivity contribution in [1.82, 2.24) is 0 Å². The van der Waals surface area contributed by atoms with Gasteiger partial charge in [0, 0.05) is 5.92 Å². The fraction of sp³-hybridized carbons (Fsp3) is 0.552. The first-order valence-corrected chi connectivity index (χ1v) is 14.6. The summed E-state index contributed by atoms with van der Waals surface area (Å²) in [5.74, 6) is -0.142. The van der Waals surface area contributed by atoms with Gasteiger partial charge in [-0.05, 0) is 49.1 Å². The number of carbonyl (C=O) groups excluding carboxylic acids is 1. The van der Waals surface area contributed by atoms with E-state index in [9.17, 15) is 9.36 Å². The molecule has 1 heterocycles. The van der Waals surface area contributed by atoms with Crippen LogP contribution in [0.5, 0.6) is 0 Å². The summed E-state index contributed by atoms with van der Waals surface area (Å²) in [6.07, 6.45) is 1.65. The minimum absolute atomic E-state index is 0.101. The Balaban J connectivity index is 1.67. The van der Waals surface area contributed by atoms with Gasteiger partial charge in [0.05, 0.1) is 13.2 Å². The predicted octanol–water partition coefficient (Wildman–Crippen LogP) is 7.05. The minimum Gasteiger partial charge on any atom is -0.459 e. The molecule has 7 heteroatoms. The Hall–Kier alpha value is -1.98. The van der Waals surface area contributed by atoms with Crippen LogP contribution in [0.1, 0.15) is 71.1 Å². The second-order valence-corrected chi connectivity index (χ2v) is 12.7. The highest BCUT2D eigenvalue weighted by Gasteiger charge is 2.78. The quantitative estimate of drug-likeness (QED) is 0.192. The van der Waals surface area contributed by atoms with Gasteiger partial charge in [-0.2, -0.15) is 0 Å². The molecule has 1 saturated carbocycles. The van der Waals surface area contributed by atoms with Gasteiger partial charge in [-0.3, -0.25) is 4.57 Å². The van der Waals surface area contributed by atoms with Crippen LogP contribution in [0, 0.1) is 11.8 Å². The van der Waals surface area contributed by atoms with Crippen LogP contribution >= 0.6 is 7.60 Å². The molecule has 0 N–H and O–H groups in total.